The molecule has 4 nitrogen and oxygen atoms in total. The molecule has 0 bridgehead atoms. The van der Waals surface area contributed by atoms with Gasteiger partial charge in [0.15, 0.2) is 30.7 Å². The summed E-state index contributed by atoms with van der Waals surface area (Å²) in [5.74, 6) is -0.0128. The first-order valence-electron chi connectivity index (χ1n) is 14.7. The first-order valence-corrected chi connectivity index (χ1v) is 23.4. The standard InChI is InChI=1S/C33H62O4Si3/c1-18-29(36-39(14,15)32(6,7)8)30(37-40(16,17)33(9,10)11)26-24-22-20-19-21-23-25-28(34)27(2)35-38(12,13)31(3,4)5/h18-27,29-30H,1H2,2-17H3/b21-19+,22-20+,25-23+,26-24+/t27-,29-,30-/m1/s1. The molecule has 7 heteroatoms. The number of hydrogen-bond acceptors (Lipinski definition) is 4. The van der Waals surface area contributed by atoms with Crippen LogP contribution in [0, 0.1) is 0 Å². The lowest BCUT2D eigenvalue weighted by Crippen LogP contribution is -2.50. The molecule has 0 fully saturated rings. The van der Waals surface area contributed by atoms with E-state index in [1.165, 1.54) is 0 Å². The minimum atomic E-state index is -2.05. The summed E-state index contributed by atoms with van der Waals surface area (Å²) in [5, 5.41) is 0.242. The van der Waals surface area contributed by atoms with Crippen molar-refractivity contribution in [2.75, 3.05) is 0 Å². The van der Waals surface area contributed by atoms with Gasteiger partial charge in [-0.25, -0.2) is 0 Å². The van der Waals surface area contributed by atoms with Crippen LogP contribution in [0.2, 0.25) is 54.4 Å². The lowest BCUT2D eigenvalue weighted by Gasteiger charge is -2.43. The highest BCUT2D eigenvalue weighted by atomic mass is 28.4. The first kappa shape index (κ1) is 38.9. The zero-order valence-electron chi connectivity index (χ0n) is 28.8. The molecule has 0 aliphatic carbocycles. The van der Waals surface area contributed by atoms with E-state index < -0.39 is 31.1 Å². The van der Waals surface area contributed by atoms with E-state index in [0.29, 0.717) is 0 Å². The average Bonchev–Trinajstić information content (AvgIpc) is 2.75. The SMILES string of the molecule is C=C[C@@H](O[Si](C)(C)C(C)(C)C)[C@@H](/C=C/C=C/C=C/C=C/C(=O)[C@@H](C)O[Si](C)(C)C(C)(C)C)O[Si](C)(C)C(C)(C)C. The summed E-state index contributed by atoms with van der Waals surface area (Å²) in [5.41, 5.74) is 0. The summed E-state index contributed by atoms with van der Waals surface area (Å²) in [6.07, 6.45) is 16.2. The Morgan fingerprint density at radius 2 is 0.950 bits per heavy atom. The van der Waals surface area contributed by atoms with Crippen molar-refractivity contribution in [2.24, 2.45) is 0 Å². The van der Waals surface area contributed by atoms with E-state index in [9.17, 15) is 4.79 Å². The first-order chi connectivity index (χ1) is 17.8. The van der Waals surface area contributed by atoms with Crippen LogP contribution in [0.3, 0.4) is 0 Å². The summed E-state index contributed by atoms with van der Waals surface area (Å²) in [6.45, 7) is 39.4. The maximum atomic E-state index is 12.5. The van der Waals surface area contributed by atoms with Crippen molar-refractivity contribution >= 4 is 30.7 Å². The van der Waals surface area contributed by atoms with Crippen LogP contribution in [0.1, 0.15) is 69.2 Å². The van der Waals surface area contributed by atoms with Gasteiger partial charge in [-0.3, -0.25) is 4.79 Å². The number of hydrogen-bond donors (Lipinski definition) is 0. The molecule has 0 aliphatic rings. The van der Waals surface area contributed by atoms with Gasteiger partial charge in [-0.2, -0.15) is 0 Å². The van der Waals surface area contributed by atoms with Crippen LogP contribution in [-0.2, 0) is 18.1 Å². The molecule has 3 atom stereocenters. The molecule has 40 heavy (non-hydrogen) atoms. The lowest BCUT2D eigenvalue weighted by molar-refractivity contribution is -0.120. The van der Waals surface area contributed by atoms with Gasteiger partial charge in [0.2, 0.25) is 0 Å². The second-order valence-corrected chi connectivity index (χ2v) is 29.6. The molecule has 0 aliphatic heterocycles. The second-order valence-electron chi connectivity index (χ2n) is 15.4. The molecular weight excluding hydrogens is 545 g/mol. The third-order valence-electron chi connectivity index (χ3n) is 8.83. The summed E-state index contributed by atoms with van der Waals surface area (Å²) in [6, 6.07) is 0. The number of ketones is 1. The minimum Gasteiger partial charge on any atom is -0.408 e. The van der Waals surface area contributed by atoms with Crippen molar-refractivity contribution < 1.29 is 18.1 Å². The van der Waals surface area contributed by atoms with Crippen molar-refractivity contribution in [3.63, 3.8) is 0 Å². The molecule has 0 heterocycles. The van der Waals surface area contributed by atoms with E-state index >= 15 is 0 Å². The van der Waals surface area contributed by atoms with Gasteiger partial charge >= 0.3 is 0 Å². The summed E-state index contributed by atoms with van der Waals surface area (Å²) in [4.78, 5) is 12.5. The quantitative estimate of drug-likeness (QED) is 0.0854. The molecule has 0 unspecified atom stereocenters. The third kappa shape index (κ3) is 12.4. The van der Waals surface area contributed by atoms with Crippen LogP contribution in [0.4, 0.5) is 0 Å². The smallest absolute Gasteiger partial charge is 0.193 e. The van der Waals surface area contributed by atoms with Crippen LogP contribution in [0.25, 0.3) is 0 Å². The highest BCUT2D eigenvalue weighted by Crippen LogP contribution is 2.41. The second kappa shape index (κ2) is 14.9. The minimum absolute atomic E-state index is 0.0128. The van der Waals surface area contributed by atoms with Gasteiger partial charge in [0.05, 0.1) is 12.2 Å². The van der Waals surface area contributed by atoms with Gasteiger partial charge in [0.1, 0.15) is 6.10 Å². The number of carbonyl (C=O) groups excluding carboxylic acids is 1. The fourth-order valence-electron chi connectivity index (χ4n) is 2.89. The van der Waals surface area contributed by atoms with Crippen molar-refractivity contribution in [3.8, 4) is 0 Å². The topological polar surface area (TPSA) is 44.8 Å². The van der Waals surface area contributed by atoms with E-state index in [0.717, 1.165) is 0 Å². The predicted octanol–water partition coefficient (Wildman–Crippen LogP) is 10.2. The maximum absolute atomic E-state index is 12.5. The molecule has 0 saturated carbocycles. The Morgan fingerprint density at radius 3 is 1.35 bits per heavy atom. The monoisotopic (exact) mass is 606 g/mol. The molecule has 0 N–H and O–H groups in total. The zero-order chi connectivity index (χ0) is 31.8. The fraction of sp³-hybridized carbons (Fsp3) is 0.667. The molecule has 0 aromatic carbocycles. The molecule has 0 rings (SSSR count). The Labute approximate surface area is 251 Å². The third-order valence-corrected chi connectivity index (χ3v) is 22.3. The summed E-state index contributed by atoms with van der Waals surface area (Å²) < 4.78 is 19.8. The Bertz CT molecular complexity index is 936. The van der Waals surface area contributed by atoms with Gasteiger partial charge in [-0.15, -0.1) is 6.58 Å². The van der Waals surface area contributed by atoms with Crippen LogP contribution < -0.4 is 0 Å². The largest absolute Gasteiger partial charge is 0.408 e. The zero-order valence-corrected chi connectivity index (χ0v) is 31.8. The molecule has 0 saturated heterocycles. The summed E-state index contributed by atoms with van der Waals surface area (Å²) >= 11 is 0. The van der Waals surface area contributed by atoms with Crippen molar-refractivity contribution in [3.05, 3.63) is 61.3 Å². The van der Waals surface area contributed by atoms with Gasteiger partial charge < -0.3 is 13.3 Å². The van der Waals surface area contributed by atoms with Crippen LogP contribution in [-0.4, -0.2) is 49.0 Å². The van der Waals surface area contributed by atoms with Crippen LogP contribution >= 0.6 is 0 Å². The van der Waals surface area contributed by atoms with Crippen molar-refractivity contribution in [1.82, 2.24) is 0 Å². The van der Waals surface area contributed by atoms with E-state index in [2.05, 4.69) is 114 Å². The average molecular weight is 607 g/mol. The molecule has 0 radical (unpaired) electrons. The number of rotatable bonds is 14. The Kier molecular flexibility index (Phi) is 14.5. The van der Waals surface area contributed by atoms with Gasteiger partial charge in [0, 0.05) is 0 Å². The maximum Gasteiger partial charge on any atom is 0.193 e. The Hall–Kier alpha value is -1.10. The molecule has 0 amide bonds. The van der Waals surface area contributed by atoms with Crippen molar-refractivity contribution in [2.45, 2.75) is 142 Å². The van der Waals surface area contributed by atoms with Crippen LogP contribution in [0.5, 0.6) is 0 Å². The van der Waals surface area contributed by atoms with E-state index in [4.69, 9.17) is 13.3 Å². The Balaban J connectivity index is 5.55. The van der Waals surface area contributed by atoms with E-state index in [1.54, 1.807) is 12.2 Å². The highest BCUT2D eigenvalue weighted by molar-refractivity contribution is 6.75. The normalized spacial score (nSPS) is 17.3. The van der Waals surface area contributed by atoms with Gasteiger partial charge in [-0.05, 0) is 67.4 Å². The van der Waals surface area contributed by atoms with E-state index in [-0.39, 0.29) is 33.1 Å². The molecule has 230 valence electrons. The number of carbonyl (C=O) groups is 1. The highest BCUT2D eigenvalue weighted by Gasteiger charge is 2.43. The van der Waals surface area contributed by atoms with Gasteiger partial charge in [-0.1, -0.05) is 111 Å². The van der Waals surface area contributed by atoms with E-state index in [1.807, 2.05) is 43.4 Å². The van der Waals surface area contributed by atoms with Crippen molar-refractivity contribution in [1.29, 1.82) is 0 Å². The molecule has 0 spiro atoms. The fourth-order valence-corrected chi connectivity index (χ4v) is 6.76. The summed E-state index contributed by atoms with van der Waals surface area (Å²) in [7, 11) is -6.06. The predicted molar refractivity (Wildman–Crippen MR) is 184 cm³/mol. The molecular formula is C33H62O4Si3. The Morgan fingerprint density at radius 1 is 0.600 bits per heavy atom. The van der Waals surface area contributed by atoms with Gasteiger partial charge in [0.25, 0.3) is 0 Å². The molecule has 0 aromatic heterocycles. The van der Waals surface area contributed by atoms with Crippen LogP contribution in [0.15, 0.2) is 61.3 Å². The molecule has 0 aromatic rings. The lowest BCUT2D eigenvalue weighted by atomic mass is 10.2. The number of allylic oxidation sites excluding steroid dienone is 6.